The zero-order chi connectivity index (χ0) is 17.9. The van der Waals surface area contributed by atoms with E-state index in [1.54, 1.807) is 16.4 Å². The molecule has 0 unspecified atom stereocenters. The zero-order valence-electron chi connectivity index (χ0n) is 14.4. The van der Waals surface area contributed by atoms with Crippen LogP contribution >= 0.6 is 34.9 Å². The molecule has 1 atom stereocenters. The van der Waals surface area contributed by atoms with Crippen molar-refractivity contribution in [1.82, 2.24) is 20.0 Å². The number of anilines is 1. The van der Waals surface area contributed by atoms with Crippen molar-refractivity contribution in [3.63, 3.8) is 0 Å². The van der Waals surface area contributed by atoms with E-state index in [0.717, 1.165) is 37.1 Å². The number of nitrogens with zero attached hydrogens (tertiary/aromatic N) is 4. The summed E-state index contributed by atoms with van der Waals surface area (Å²) in [5.74, 6) is 0.764. The fourth-order valence-electron chi connectivity index (χ4n) is 1.87. The number of rotatable bonds is 7. The predicted molar refractivity (Wildman–Crippen MR) is 102 cm³/mol. The average Bonchev–Trinajstić information content (AvgIpc) is 3.05. The molecule has 24 heavy (non-hydrogen) atoms. The van der Waals surface area contributed by atoms with Crippen LogP contribution in [0.1, 0.15) is 25.2 Å². The lowest BCUT2D eigenvalue weighted by molar-refractivity contribution is -0.115. The van der Waals surface area contributed by atoms with Crippen LogP contribution < -0.4 is 5.32 Å². The molecule has 2 rings (SSSR count). The molecule has 2 aromatic rings. The summed E-state index contributed by atoms with van der Waals surface area (Å²) in [7, 11) is 1.86. The van der Waals surface area contributed by atoms with E-state index in [-0.39, 0.29) is 11.2 Å². The lowest BCUT2D eigenvalue weighted by atomic mass is 10.3. The summed E-state index contributed by atoms with van der Waals surface area (Å²) in [6.07, 6.45) is 0. The van der Waals surface area contributed by atoms with Gasteiger partial charge in [-0.3, -0.25) is 9.48 Å². The molecule has 2 aromatic heterocycles. The Bertz CT molecular complexity index is 752. The van der Waals surface area contributed by atoms with Crippen molar-refractivity contribution in [1.29, 1.82) is 0 Å². The van der Waals surface area contributed by atoms with Crippen LogP contribution in [0.15, 0.2) is 20.8 Å². The van der Waals surface area contributed by atoms with Crippen LogP contribution in [-0.4, -0.2) is 36.9 Å². The van der Waals surface area contributed by atoms with Crippen molar-refractivity contribution >= 4 is 46.5 Å². The second kappa shape index (κ2) is 8.17. The summed E-state index contributed by atoms with van der Waals surface area (Å²) in [4.78, 5) is 12.4. The second-order valence-electron chi connectivity index (χ2n) is 5.50. The zero-order valence-corrected chi connectivity index (χ0v) is 16.9. The van der Waals surface area contributed by atoms with Crippen LogP contribution in [-0.2, 0) is 11.8 Å². The maximum Gasteiger partial charge on any atom is 0.237 e. The SMILES string of the molecule is C=C(C)CSc1nnc(S[C@H](C)C(=O)Nc2c(C)nn(C)c2C)s1. The van der Waals surface area contributed by atoms with Crippen LogP contribution in [0.5, 0.6) is 0 Å². The van der Waals surface area contributed by atoms with Gasteiger partial charge in [0.05, 0.1) is 22.3 Å². The number of carbonyl (C=O) groups excluding carboxylic acids is 1. The van der Waals surface area contributed by atoms with Gasteiger partial charge >= 0.3 is 0 Å². The van der Waals surface area contributed by atoms with E-state index in [1.807, 2.05) is 34.7 Å². The lowest BCUT2D eigenvalue weighted by Crippen LogP contribution is -2.23. The van der Waals surface area contributed by atoms with E-state index in [9.17, 15) is 4.79 Å². The van der Waals surface area contributed by atoms with Crippen molar-refractivity contribution < 1.29 is 4.79 Å². The molecule has 9 heteroatoms. The topological polar surface area (TPSA) is 72.7 Å². The lowest BCUT2D eigenvalue weighted by Gasteiger charge is -2.10. The van der Waals surface area contributed by atoms with Crippen molar-refractivity contribution in [2.24, 2.45) is 7.05 Å². The monoisotopic (exact) mass is 383 g/mol. The second-order valence-corrected chi connectivity index (χ2v) is 9.29. The van der Waals surface area contributed by atoms with Gasteiger partial charge in [-0.05, 0) is 27.7 Å². The Morgan fingerprint density at radius 1 is 1.38 bits per heavy atom. The highest BCUT2D eigenvalue weighted by Crippen LogP contribution is 2.32. The van der Waals surface area contributed by atoms with Gasteiger partial charge in [0.25, 0.3) is 0 Å². The summed E-state index contributed by atoms with van der Waals surface area (Å²) in [5, 5.41) is 15.3. The first-order chi connectivity index (χ1) is 11.3. The van der Waals surface area contributed by atoms with E-state index in [4.69, 9.17) is 0 Å². The molecular formula is C15H21N5OS3. The van der Waals surface area contributed by atoms with E-state index in [0.29, 0.717) is 0 Å². The Balaban J connectivity index is 1.95. The van der Waals surface area contributed by atoms with Gasteiger partial charge in [0.15, 0.2) is 8.68 Å². The summed E-state index contributed by atoms with van der Waals surface area (Å²) in [6, 6.07) is 0. The van der Waals surface area contributed by atoms with Gasteiger partial charge in [-0.15, -0.1) is 10.2 Å². The van der Waals surface area contributed by atoms with Crippen LogP contribution in [0.4, 0.5) is 5.69 Å². The first-order valence-corrected chi connectivity index (χ1v) is 10.0. The molecule has 0 bridgehead atoms. The molecule has 1 N–H and O–H groups in total. The minimum atomic E-state index is -0.268. The fraction of sp³-hybridized carbons (Fsp3) is 0.467. The maximum atomic E-state index is 12.4. The van der Waals surface area contributed by atoms with Gasteiger partial charge in [0, 0.05) is 12.8 Å². The van der Waals surface area contributed by atoms with Gasteiger partial charge in [-0.2, -0.15) is 5.10 Å². The number of hydrogen-bond acceptors (Lipinski definition) is 7. The van der Waals surface area contributed by atoms with Gasteiger partial charge in [0.1, 0.15) is 0 Å². The molecule has 0 aromatic carbocycles. The van der Waals surface area contributed by atoms with Crippen molar-refractivity contribution in [2.45, 2.75) is 41.6 Å². The van der Waals surface area contributed by atoms with E-state index >= 15 is 0 Å². The summed E-state index contributed by atoms with van der Waals surface area (Å²) < 4.78 is 3.45. The molecule has 0 aliphatic rings. The third kappa shape index (κ3) is 4.84. The number of carbonyl (C=O) groups is 1. The molecule has 0 saturated heterocycles. The average molecular weight is 384 g/mol. The van der Waals surface area contributed by atoms with E-state index < -0.39 is 0 Å². The Morgan fingerprint density at radius 3 is 2.62 bits per heavy atom. The Kier molecular flexibility index (Phi) is 6.47. The van der Waals surface area contributed by atoms with E-state index in [2.05, 4.69) is 27.2 Å². The summed E-state index contributed by atoms with van der Waals surface area (Å²) in [6.45, 7) is 11.5. The molecule has 2 heterocycles. The molecule has 0 spiro atoms. The first kappa shape index (κ1) is 19.0. The molecule has 6 nitrogen and oxygen atoms in total. The van der Waals surface area contributed by atoms with Gasteiger partial charge < -0.3 is 5.32 Å². The van der Waals surface area contributed by atoms with Crippen molar-refractivity contribution in [3.8, 4) is 0 Å². The van der Waals surface area contributed by atoms with Crippen LogP contribution in [0.2, 0.25) is 0 Å². The van der Waals surface area contributed by atoms with Crippen LogP contribution in [0, 0.1) is 13.8 Å². The van der Waals surface area contributed by atoms with Gasteiger partial charge in [-0.25, -0.2) is 0 Å². The smallest absolute Gasteiger partial charge is 0.237 e. The largest absolute Gasteiger partial charge is 0.322 e. The fourth-order valence-corrected chi connectivity index (χ4v) is 4.88. The molecule has 0 saturated carbocycles. The van der Waals surface area contributed by atoms with E-state index in [1.165, 1.54) is 23.1 Å². The highest BCUT2D eigenvalue weighted by Gasteiger charge is 2.20. The Labute approximate surface area is 154 Å². The maximum absolute atomic E-state index is 12.4. The number of nitrogens with one attached hydrogen (secondary N) is 1. The summed E-state index contributed by atoms with van der Waals surface area (Å²) in [5.41, 5.74) is 3.63. The number of aromatic nitrogens is 4. The third-order valence-corrected chi connectivity index (χ3v) is 6.71. The van der Waals surface area contributed by atoms with Gasteiger partial charge in [-0.1, -0.05) is 47.0 Å². The molecule has 130 valence electrons. The quantitative estimate of drug-likeness (QED) is 0.581. The summed E-state index contributed by atoms with van der Waals surface area (Å²) >= 11 is 4.53. The highest BCUT2D eigenvalue weighted by molar-refractivity contribution is 8.04. The number of thioether (sulfide) groups is 2. The molecule has 1 amide bonds. The molecular weight excluding hydrogens is 362 g/mol. The number of amides is 1. The minimum absolute atomic E-state index is 0.0643. The molecule has 0 fully saturated rings. The first-order valence-electron chi connectivity index (χ1n) is 7.36. The number of aryl methyl sites for hydroxylation is 2. The predicted octanol–water partition coefficient (Wildman–Crippen LogP) is 3.68. The normalized spacial score (nSPS) is 12.2. The molecule has 0 aliphatic heterocycles. The molecule has 0 aliphatic carbocycles. The number of hydrogen-bond donors (Lipinski definition) is 1. The van der Waals surface area contributed by atoms with Gasteiger partial charge in [0.2, 0.25) is 5.91 Å². The van der Waals surface area contributed by atoms with Crippen molar-refractivity contribution in [2.75, 3.05) is 11.1 Å². The minimum Gasteiger partial charge on any atom is -0.322 e. The van der Waals surface area contributed by atoms with Crippen LogP contribution in [0.3, 0.4) is 0 Å². The van der Waals surface area contributed by atoms with Crippen LogP contribution in [0.25, 0.3) is 0 Å². The highest BCUT2D eigenvalue weighted by atomic mass is 32.2. The standard InChI is InChI=1S/C15H21N5OS3/c1-8(2)7-22-14-17-18-15(24-14)23-11(5)13(21)16-12-9(3)19-20(6)10(12)4/h11H,1,7H2,2-6H3,(H,16,21)/t11-/m1/s1. The Hall–Kier alpha value is -1.32. The molecule has 0 radical (unpaired) electrons. The van der Waals surface area contributed by atoms with Crippen molar-refractivity contribution in [3.05, 3.63) is 23.5 Å². The third-order valence-electron chi connectivity index (χ3n) is 3.23. The Morgan fingerprint density at radius 2 is 2.04 bits per heavy atom.